The number of hydrogen-bond acceptors (Lipinski definition) is 2. The molecule has 6 heteroatoms. The maximum Gasteiger partial charge on any atom is 0.267 e. The van der Waals surface area contributed by atoms with Crippen LogP contribution in [0.2, 0.25) is 0 Å². The Kier molecular flexibility index (Phi) is 6.52. The summed E-state index contributed by atoms with van der Waals surface area (Å²) < 4.78 is 131. The van der Waals surface area contributed by atoms with Crippen molar-refractivity contribution in [2.24, 2.45) is 0 Å². The number of rotatable bonds is 4. The van der Waals surface area contributed by atoms with Gasteiger partial charge in [-0.25, -0.2) is 4.98 Å². The van der Waals surface area contributed by atoms with Gasteiger partial charge in [-0.05, 0) is 85.9 Å². The van der Waals surface area contributed by atoms with Gasteiger partial charge in [-0.1, -0.05) is 150 Å². The van der Waals surface area contributed by atoms with Crippen molar-refractivity contribution in [3.63, 3.8) is 0 Å². The van der Waals surface area contributed by atoms with E-state index in [1.807, 2.05) is 48.7 Å². The Morgan fingerprint density at radius 3 is 2.15 bits per heavy atom. The molecule has 0 atom stereocenters. The SMILES string of the molecule is [2H]c1c([2H])c([2H])c2c(c1[2H])-c1c([2H])c([2H])c([2H])c([2H])c1-c1c([2H])n(-c3[c-]c(Oc4[c-]c5c(cc4)c4ccccc4n5-c4cc(C(C)(C)C)ccn4)cc4c3C(C)(C)CCC4(C)C)[c-][n+]1-c1c([2H])c([2H])c([2H])c([2H])c1-2.[Pt]. The molecular weight excluding hydrogens is 940 g/mol. The Balaban J connectivity index is 0.00000641. The first-order valence-corrected chi connectivity index (χ1v) is 20.4. The minimum atomic E-state index is -0.731. The monoisotopic (exact) mass is 1000 g/mol. The Morgan fingerprint density at radius 1 is 0.726 bits per heavy atom. The number of aromatic nitrogens is 4. The van der Waals surface area contributed by atoms with Crippen LogP contribution < -0.4 is 9.30 Å². The van der Waals surface area contributed by atoms with Crippen molar-refractivity contribution in [3.05, 3.63) is 175 Å². The van der Waals surface area contributed by atoms with Gasteiger partial charge in [0.05, 0.1) is 29.2 Å². The summed E-state index contributed by atoms with van der Waals surface area (Å²) in [5.74, 6) is 1.30. The van der Waals surface area contributed by atoms with Crippen molar-refractivity contribution in [3.8, 4) is 62.2 Å². The Hall–Kier alpha value is -6.03. The fourth-order valence-corrected chi connectivity index (χ4v) is 8.96. The number of pyridine rings is 1. The second kappa shape index (κ2) is 14.5. The van der Waals surface area contributed by atoms with Gasteiger partial charge in [0.15, 0.2) is 0 Å². The summed E-state index contributed by atoms with van der Waals surface area (Å²) in [6, 6.07) is 16.6. The molecule has 0 bridgehead atoms. The molecule has 5 nitrogen and oxygen atoms in total. The number of nitrogens with zero attached hydrogens (tertiary/aromatic N) is 4. The molecule has 62 heavy (non-hydrogen) atoms. The molecule has 2 aliphatic rings. The molecule has 6 aromatic carbocycles. The van der Waals surface area contributed by atoms with Crippen molar-refractivity contribution in [2.45, 2.75) is 77.6 Å². The van der Waals surface area contributed by atoms with E-state index in [0.29, 0.717) is 18.0 Å². The molecule has 0 spiro atoms. The van der Waals surface area contributed by atoms with E-state index in [9.17, 15) is 9.60 Å². The molecule has 11 rings (SSSR count). The van der Waals surface area contributed by atoms with Crippen molar-refractivity contribution < 1.29 is 48.2 Å². The third-order valence-electron chi connectivity index (χ3n) is 12.3. The normalized spacial score (nSPS) is 17.6. The first-order valence-electron chi connectivity index (χ1n) is 26.9. The van der Waals surface area contributed by atoms with Crippen molar-refractivity contribution >= 4 is 21.8 Å². The van der Waals surface area contributed by atoms with Gasteiger partial charge >= 0.3 is 0 Å². The van der Waals surface area contributed by atoms with Crippen LogP contribution in [0.4, 0.5) is 0 Å². The fourth-order valence-electron chi connectivity index (χ4n) is 8.96. The largest absolute Gasteiger partial charge is 0.510 e. The summed E-state index contributed by atoms with van der Waals surface area (Å²) in [5.41, 5.74) is 0.985. The van der Waals surface area contributed by atoms with Crippen LogP contribution >= 0.6 is 0 Å². The molecule has 1 aliphatic carbocycles. The zero-order chi connectivity index (χ0) is 53.2. The van der Waals surface area contributed by atoms with Crippen molar-refractivity contribution in [1.29, 1.82) is 0 Å². The first-order chi connectivity index (χ1) is 34.8. The van der Waals surface area contributed by atoms with Crippen LogP contribution in [0.1, 0.15) is 95.8 Å². The van der Waals surface area contributed by atoms with Crippen molar-refractivity contribution in [2.75, 3.05) is 0 Å². The molecule has 0 N–H and O–H groups in total. The molecule has 0 saturated heterocycles. The molecule has 0 fully saturated rings. The zero-order valence-corrected chi connectivity index (χ0v) is 37.5. The van der Waals surface area contributed by atoms with Crippen LogP contribution in [-0.4, -0.2) is 14.1 Å². The van der Waals surface area contributed by atoms with E-state index in [4.69, 9.17) is 17.9 Å². The maximum absolute atomic E-state index is 10.2. The van der Waals surface area contributed by atoms with E-state index in [-0.39, 0.29) is 66.0 Å². The van der Waals surface area contributed by atoms with E-state index in [1.165, 1.54) is 4.57 Å². The van der Waals surface area contributed by atoms with Gasteiger partial charge in [-0.3, -0.25) is 4.57 Å². The Morgan fingerprint density at radius 2 is 1.39 bits per heavy atom. The molecule has 0 radical (unpaired) electrons. The second-order valence-corrected chi connectivity index (χ2v) is 18.2. The molecule has 4 heterocycles. The van der Waals surface area contributed by atoms with Crippen LogP contribution in [0.5, 0.6) is 11.5 Å². The third-order valence-corrected chi connectivity index (χ3v) is 12.3. The smallest absolute Gasteiger partial charge is 0.267 e. The fraction of sp³-hybridized carbons (Fsp3) is 0.214. The minimum absolute atomic E-state index is 0. The summed E-state index contributed by atoms with van der Waals surface area (Å²) >= 11 is 0. The summed E-state index contributed by atoms with van der Waals surface area (Å²) in [6.45, 7) is 14.8. The number of hydrogen-bond donors (Lipinski definition) is 0. The second-order valence-electron chi connectivity index (χ2n) is 18.2. The van der Waals surface area contributed by atoms with Gasteiger partial charge in [0, 0.05) is 50.5 Å². The predicted molar refractivity (Wildman–Crippen MR) is 246 cm³/mol. The molecule has 3 aromatic heterocycles. The molecule has 0 amide bonds. The zero-order valence-electron chi connectivity index (χ0n) is 48.2. The van der Waals surface area contributed by atoms with E-state index >= 15 is 0 Å². The van der Waals surface area contributed by atoms with E-state index in [2.05, 4.69) is 83.6 Å². The topological polar surface area (TPSA) is 35.9 Å². The Bertz CT molecular complexity index is 3990. The van der Waals surface area contributed by atoms with Crippen LogP contribution in [0.15, 0.2) is 139 Å². The predicted octanol–water partition coefficient (Wildman–Crippen LogP) is 13.4. The van der Waals surface area contributed by atoms with Crippen LogP contribution in [-0.2, 0) is 37.3 Å². The van der Waals surface area contributed by atoms with Crippen LogP contribution in [0.25, 0.3) is 72.5 Å². The van der Waals surface area contributed by atoms with Gasteiger partial charge in [-0.15, -0.1) is 40.8 Å². The van der Waals surface area contributed by atoms with E-state index < -0.39 is 101 Å². The number of imidazole rings is 1. The van der Waals surface area contributed by atoms with E-state index in [0.717, 1.165) is 49.5 Å². The summed E-state index contributed by atoms with van der Waals surface area (Å²) in [5, 5.41) is 1.92. The van der Waals surface area contributed by atoms with Crippen LogP contribution in [0.3, 0.4) is 0 Å². The molecular formula is C56H48N4OPt-2. The van der Waals surface area contributed by atoms with Crippen molar-refractivity contribution in [1.82, 2.24) is 14.1 Å². The number of ether oxygens (including phenoxy) is 1. The number of para-hydroxylation sites is 2. The quantitative estimate of drug-likeness (QED) is 0.130. The van der Waals surface area contributed by atoms with E-state index in [1.54, 1.807) is 0 Å². The molecule has 0 saturated carbocycles. The molecule has 310 valence electrons. The Labute approximate surface area is 397 Å². The molecule has 0 unspecified atom stereocenters. The van der Waals surface area contributed by atoms with Crippen LogP contribution in [0, 0.1) is 18.5 Å². The van der Waals surface area contributed by atoms with Gasteiger partial charge in [0.25, 0.3) is 6.33 Å². The van der Waals surface area contributed by atoms with Gasteiger partial charge < -0.3 is 13.9 Å². The number of benzene rings is 6. The van der Waals surface area contributed by atoms with Gasteiger partial charge in [-0.2, -0.15) is 6.07 Å². The summed E-state index contributed by atoms with van der Waals surface area (Å²) in [6.07, 6.45) is 6.07. The average molecular weight is 1000 g/mol. The maximum atomic E-state index is 10.2. The van der Waals surface area contributed by atoms with Gasteiger partial charge in [0.2, 0.25) is 0 Å². The number of fused-ring (bicyclic) bond motifs is 12. The standard InChI is InChI=1S/C56H48N4O.Pt/c1-54(2,3)36-26-29-57-52(30-36)60-48-23-15-13-21-44(48)45-25-24-37(32-49(45)60)61-38-31-46-53(56(6,7)28-27-55(46,4)5)50(33-38)58-34-51-43-20-11-10-18-41(43)39-16-8-9-17-40(39)42-19-12-14-22-47(42)59(51)35-58;/h8-26,29-31,34H,27-28H2,1-7H3;/q-2;/i8D,9D,10D,11D,12D,14D,16D,17D,18D,19D,20D,22D,34D;. The first kappa shape index (κ1) is 27.8. The summed E-state index contributed by atoms with van der Waals surface area (Å²) in [7, 11) is 0. The summed E-state index contributed by atoms with van der Waals surface area (Å²) in [4.78, 5) is 4.83. The minimum Gasteiger partial charge on any atom is -0.510 e. The van der Waals surface area contributed by atoms with Gasteiger partial charge in [0.1, 0.15) is 5.82 Å². The average Bonchev–Trinajstić information content (AvgIpc) is 3.92. The third kappa shape index (κ3) is 6.39. The molecule has 1 aliphatic heterocycles. The molecule has 9 aromatic rings.